The molecule has 0 aliphatic heterocycles. The second kappa shape index (κ2) is 13.3. The zero-order valence-electron chi connectivity index (χ0n) is 8.75. The molecule has 0 bridgehead atoms. The highest BCUT2D eigenvalue weighted by Crippen LogP contribution is 1.88. The number of rotatable bonds is 7. The van der Waals surface area contributed by atoms with Crippen molar-refractivity contribution >= 4 is 0 Å². The van der Waals surface area contributed by atoms with E-state index in [9.17, 15) is 0 Å². The van der Waals surface area contributed by atoms with E-state index < -0.39 is 25.4 Å². The Labute approximate surface area is 89.9 Å². The molecule has 2 atom stereocenters. The molecule has 90 valence electrons. The van der Waals surface area contributed by atoms with E-state index in [0.717, 1.165) is 0 Å². The standard InChI is InChI=1S/C6H10O.C4H10O4/c1-3-5-7-6-4-2;5-1-3(7)4(8)2-6/h3-4H,1-2,5-6H2;3-8H,1-2H2/t;3-,4+. The van der Waals surface area contributed by atoms with Gasteiger partial charge < -0.3 is 25.2 Å². The van der Waals surface area contributed by atoms with Crippen LogP contribution in [-0.4, -0.2) is 59.1 Å². The molecule has 0 aromatic carbocycles. The van der Waals surface area contributed by atoms with Gasteiger partial charge in [0.25, 0.3) is 0 Å². The lowest BCUT2D eigenvalue weighted by molar-refractivity contribution is -0.0388. The maximum Gasteiger partial charge on any atom is 0.105 e. The van der Waals surface area contributed by atoms with Crippen molar-refractivity contribution in [2.24, 2.45) is 0 Å². The van der Waals surface area contributed by atoms with E-state index in [1.165, 1.54) is 0 Å². The van der Waals surface area contributed by atoms with Gasteiger partial charge in [-0.25, -0.2) is 0 Å². The fourth-order valence-electron chi connectivity index (χ4n) is 0.478. The van der Waals surface area contributed by atoms with Gasteiger partial charge in [-0.15, -0.1) is 13.2 Å². The van der Waals surface area contributed by atoms with E-state index in [1.807, 2.05) is 0 Å². The van der Waals surface area contributed by atoms with E-state index in [0.29, 0.717) is 13.2 Å². The minimum absolute atomic E-state index is 0.526. The first kappa shape index (κ1) is 16.7. The van der Waals surface area contributed by atoms with Gasteiger partial charge in [-0.2, -0.15) is 0 Å². The van der Waals surface area contributed by atoms with Gasteiger partial charge in [0.15, 0.2) is 0 Å². The molecule has 5 nitrogen and oxygen atoms in total. The number of aliphatic hydroxyl groups is 4. The zero-order chi connectivity index (χ0) is 12.1. The van der Waals surface area contributed by atoms with Crippen molar-refractivity contribution in [3.63, 3.8) is 0 Å². The maximum atomic E-state index is 8.47. The Balaban J connectivity index is 0. The average Bonchev–Trinajstić information content (AvgIpc) is 2.28. The Bertz CT molecular complexity index is 133. The summed E-state index contributed by atoms with van der Waals surface area (Å²) in [5.41, 5.74) is 0. The van der Waals surface area contributed by atoms with E-state index in [2.05, 4.69) is 13.2 Å². The van der Waals surface area contributed by atoms with Crippen LogP contribution in [0.1, 0.15) is 0 Å². The Hall–Kier alpha value is -0.720. The molecule has 0 aromatic rings. The van der Waals surface area contributed by atoms with E-state index in [-0.39, 0.29) is 0 Å². The third kappa shape index (κ3) is 13.3. The summed E-state index contributed by atoms with van der Waals surface area (Å²) >= 11 is 0. The largest absolute Gasteiger partial charge is 0.394 e. The Morgan fingerprint density at radius 3 is 1.47 bits per heavy atom. The van der Waals surface area contributed by atoms with Gasteiger partial charge in [0, 0.05) is 0 Å². The molecule has 0 radical (unpaired) electrons. The summed E-state index contributed by atoms with van der Waals surface area (Å²) in [6.07, 6.45) is 0.979. The molecular weight excluding hydrogens is 200 g/mol. The normalized spacial score (nSPS) is 13.3. The molecule has 0 heterocycles. The van der Waals surface area contributed by atoms with Gasteiger partial charge in [-0.05, 0) is 0 Å². The molecule has 5 heteroatoms. The van der Waals surface area contributed by atoms with Crippen LogP contribution >= 0.6 is 0 Å². The summed E-state index contributed by atoms with van der Waals surface area (Å²) in [6, 6.07) is 0. The summed E-state index contributed by atoms with van der Waals surface area (Å²) in [5.74, 6) is 0. The van der Waals surface area contributed by atoms with Crippen LogP contribution in [0.2, 0.25) is 0 Å². The average molecular weight is 220 g/mol. The molecule has 0 aliphatic rings. The molecule has 0 saturated heterocycles. The van der Waals surface area contributed by atoms with Crippen molar-refractivity contribution in [1.29, 1.82) is 0 Å². The molecular formula is C10H20O5. The molecule has 0 rings (SSSR count). The van der Waals surface area contributed by atoms with Gasteiger partial charge in [0.2, 0.25) is 0 Å². The second-order valence-corrected chi connectivity index (χ2v) is 2.61. The first-order chi connectivity index (χ1) is 7.13. The van der Waals surface area contributed by atoms with Crippen molar-refractivity contribution in [3.05, 3.63) is 25.3 Å². The summed E-state index contributed by atoms with van der Waals surface area (Å²) in [6.45, 7) is 7.13. The molecule has 0 aliphatic carbocycles. The molecule has 4 N–H and O–H groups in total. The van der Waals surface area contributed by atoms with Gasteiger partial charge >= 0.3 is 0 Å². The molecule has 0 spiro atoms. The van der Waals surface area contributed by atoms with Crippen molar-refractivity contribution < 1.29 is 25.2 Å². The van der Waals surface area contributed by atoms with Gasteiger partial charge in [-0.3, -0.25) is 0 Å². The van der Waals surface area contributed by atoms with Crippen LogP contribution in [0.3, 0.4) is 0 Å². The minimum atomic E-state index is -1.22. The fourth-order valence-corrected chi connectivity index (χ4v) is 0.478. The first-order valence-corrected chi connectivity index (χ1v) is 4.51. The summed E-state index contributed by atoms with van der Waals surface area (Å²) in [5, 5.41) is 33.2. The lowest BCUT2D eigenvalue weighted by atomic mass is 10.2. The summed E-state index contributed by atoms with van der Waals surface area (Å²) in [4.78, 5) is 0. The van der Waals surface area contributed by atoms with Gasteiger partial charge in [-0.1, -0.05) is 12.2 Å². The van der Waals surface area contributed by atoms with Gasteiger partial charge in [0.1, 0.15) is 12.2 Å². The highest BCUT2D eigenvalue weighted by atomic mass is 16.5. The van der Waals surface area contributed by atoms with E-state index in [1.54, 1.807) is 12.2 Å². The van der Waals surface area contributed by atoms with Crippen molar-refractivity contribution in [2.75, 3.05) is 26.4 Å². The van der Waals surface area contributed by atoms with Crippen LogP contribution in [0.4, 0.5) is 0 Å². The number of ether oxygens (including phenoxy) is 1. The summed E-state index contributed by atoms with van der Waals surface area (Å²) < 4.78 is 4.90. The third-order valence-electron chi connectivity index (χ3n) is 1.29. The van der Waals surface area contributed by atoms with Crippen molar-refractivity contribution in [2.45, 2.75) is 12.2 Å². The molecule has 0 amide bonds. The Morgan fingerprint density at radius 1 is 0.933 bits per heavy atom. The van der Waals surface area contributed by atoms with Crippen LogP contribution in [-0.2, 0) is 4.74 Å². The molecule has 0 fully saturated rings. The van der Waals surface area contributed by atoms with Gasteiger partial charge in [0.05, 0.1) is 26.4 Å². The Kier molecular flexibility index (Phi) is 14.8. The minimum Gasteiger partial charge on any atom is -0.394 e. The molecule has 0 unspecified atom stereocenters. The molecule has 15 heavy (non-hydrogen) atoms. The SMILES string of the molecule is C=CCOCC=C.OC[C@@H](O)[C@@H](O)CO. The van der Waals surface area contributed by atoms with Crippen LogP contribution in [0.15, 0.2) is 25.3 Å². The van der Waals surface area contributed by atoms with Crippen molar-refractivity contribution in [3.8, 4) is 0 Å². The quantitative estimate of drug-likeness (QED) is 0.329. The number of hydrogen-bond donors (Lipinski definition) is 4. The molecule has 0 aromatic heterocycles. The van der Waals surface area contributed by atoms with E-state index >= 15 is 0 Å². The second-order valence-electron chi connectivity index (χ2n) is 2.61. The topological polar surface area (TPSA) is 90.2 Å². The van der Waals surface area contributed by atoms with E-state index in [4.69, 9.17) is 25.2 Å². The number of hydrogen-bond acceptors (Lipinski definition) is 5. The third-order valence-corrected chi connectivity index (χ3v) is 1.29. The molecule has 0 saturated carbocycles. The first-order valence-electron chi connectivity index (χ1n) is 4.51. The van der Waals surface area contributed by atoms with Crippen LogP contribution < -0.4 is 0 Å². The lowest BCUT2D eigenvalue weighted by Crippen LogP contribution is -2.31. The highest BCUT2D eigenvalue weighted by molar-refractivity contribution is 4.68. The predicted molar refractivity (Wildman–Crippen MR) is 57.4 cm³/mol. The highest BCUT2D eigenvalue weighted by Gasteiger charge is 2.12. The fraction of sp³-hybridized carbons (Fsp3) is 0.600. The monoisotopic (exact) mass is 220 g/mol. The smallest absolute Gasteiger partial charge is 0.105 e. The summed E-state index contributed by atoms with van der Waals surface area (Å²) in [7, 11) is 0. The number of aliphatic hydroxyl groups excluding tert-OH is 4. The maximum absolute atomic E-state index is 8.47. The zero-order valence-corrected chi connectivity index (χ0v) is 8.75. The predicted octanol–water partition coefficient (Wildman–Crippen LogP) is -0.932. The van der Waals surface area contributed by atoms with Crippen molar-refractivity contribution in [1.82, 2.24) is 0 Å². The lowest BCUT2D eigenvalue weighted by Gasteiger charge is -2.10. The van der Waals surface area contributed by atoms with Crippen LogP contribution in [0.25, 0.3) is 0 Å². The Morgan fingerprint density at radius 2 is 1.27 bits per heavy atom. The van der Waals surface area contributed by atoms with Crippen LogP contribution in [0, 0.1) is 0 Å². The van der Waals surface area contributed by atoms with Crippen LogP contribution in [0.5, 0.6) is 0 Å².